The summed E-state index contributed by atoms with van der Waals surface area (Å²) in [5.74, 6) is -0.366. The molecule has 1 amide bonds. The minimum absolute atomic E-state index is 0.0733. The van der Waals surface area contributed by atoms with E-state index in [9.17, 15) is 14.4 Å². The van der Waals surface area contributed by atoms with Crippen LogP contribution in [0.4, 0.5) is 5.13 Å². The first kappa shape index (κ1) is 15.0. The molecule has 0 atom stereocenters. The summed E-state index contributed by atoms with van der Waals surface area (Å²) >= 11 is 0.946. The van der Waals surface area contributed by atoms with Crippen LogP contribution < -0.4 is 10.9 Å². The normalized spacial score (nSPS) is 10.7. The predicted octanol–water partition coefficient (Wildman–Crippen LogP) is 2.03. The van der Waals surface area contributed by atoms with Gasteiger partial charge in [0.05, 0.1) is 6.42 Å². The van der Waals surface area contributed by atoms with E-state index in [0.29, 0.717) is 16.8 Å². The number of para-hydroxylation sites is 1. The van der Waals surface area contributed by atoms with Gasteiger partial charge in [0.1, 0.15) is 16.9 Å². The maximum absolute atomic E-state index is 12.2. The fraction of sp³-hybridized carbons (Fsp3) is 0.133. The third-order valence-electron chi connectivity index (χ3n) is 2.98. The van der Waals surface area contributed by atoms with E-state index in [-0.39, 0.29) is 22.9 Å². The molecule has 0 aliphatic carbocycles. The van der Waals surface area contributed by atoms with Crippen LogP contribution in [0.3, 0.4) is 0 Å². The average molecular weight is 329 g/mol. The van der Waals surface area contributed by atoms with E-state index < -0.39 is 11.5 Å². The van der Waals surface area contributed by atoms with E-state index in [4.69, 9.17) is 4.42 Å². The van der Waals surface area contributed by atoms with Gasteiger partial charge < -0.3 is 4.42 Å². The van der Waals surface area contributed by atoms with Crippen molar-refractivity contribution < 1.29 is 14.0 Å². The second kappa shape index (κ2) is 6.09. The average Bonchev–Trinajstić information content (AvgIpc) is 2.92. The molecule has 3 rings (SSSR count). The number of hydrogen-bond donors (Lipinski definition) is 1. The molecule has 8 heteroatoms. The second-order valence-electron chi connectivity index (χ2n) is 4.83. The summed E-state index contributed by atoms with van der Waals surface area (Å²) in [5, 5.41) is 3.36. The summed E-state index contributed by atoms with van der Waals surface area (Å²) in [5.41, 5.74) is -0.435. The number of fused-ring (bicyclic) bond motifs is 1. The Labute approximate surface area is 134 Å². The first-order chi connectivity index (χ1) is 11.0. The van der Waals surface area contributed by atoms with E-state index >= 15 is 0 Å². The van der Waals surface area contributed by atoms with Gasteiger partial charge in [0.15, 0.2) is 5.82 Å². The van der Waals surface area contributed by atoms with Gasteiger partial charge in [-0.3, -0.25) is 14.9 Å². The van der Waals surface area contributed by atoms with Crippen molar-refractivity contribution in [3.05, 3.63) is 52.1 Å². The van der Waals surface area contributed by atoms with Crippen LogP contribution in [0.5, 0.6) is 0 Å². The number of ketones is 1. The van der Waals surface area contributed by atoms with Crippen LogP contribution in [0.25, 0.3) is 11.0 Å². The van der Waals surface area contributed by atoms with Crippen LogP contribution in [0.2, 0.25) is 0 Å². The zero-order valence-electron chi connectivity index (χ0n) is 12.0. The minimum atomic E-state index is -0.727. The molecule has 0 unspecified atom stereocenters. The maximum atomic E-state index is 12.2. The first-order valence-corrected chi connectivity index (χ1v) is 7.46. The Morgan fingerprint density at radius 3 is 2.87 bits per heavy atom. The molecule has 0 radical (unpaired) electrons. The molecule has 0 fully saturated rings. The lowest BCUT2D eigenvalue weighted by Gasteiger charge is -2.01. The Hall–Kier alpha value is -2.87. The zero-order valence-corrected chi connectivity index (χ0v) is 12.8. The van der Waals surface area contributed by atoms with Crippen LogP contribution in [0.1, 0.15) is 23.1 Å². The summed E-state index contributed by atoms with van der Waals surface area (Å²) in [4.78, 5) is 39.2. The maximum Gasteiger partial charge on any atom is 0.349 e. The molecular weight excluding hydrogens is 318 g/mol. The van der Waals surface area contributed by atoms with Crippen LogP contribution in [-0.4, -0.2) is 21.0 Å². The van der Waals surface area contributed by atoms with E-state index in [1.165, 1.54) is 13.0 Å². The Kier molecular flexibility index (Phi) is 3.98. The fourth-order valence-electron chi connectivity index (χ4n) is 1.98. The Bertz CT molecular complexity index is 961. The summed E-state index contributed by atoms with van der Waals surface area (Å²) in [7, 11) is 0. The molecule has 0 saturated heterocycles. The number of benzene rings is 1. The van der Waals surface area contributed by atoms with Gasteiger partial charge in [0.2, 0.25) is 5.13 Å². The van der Waals surface area contributed by atoms with Crippen LogP contribution in [-0.2, 0) is 11.2 Å². The number of carbonyl (C=O) groups excluding carboxylic acids is 2. The topological polar surface area (TPSA) is 102 Å². The number of rotatable bonds is 4. The van der Waals surface area contributed by atoms with Gasteiger partial charge in [-0.25, -0.2) is 9.78 Å². The molecular formula is C15H11N3O4S. The van der Waals surface area contributed by atoms with Crippen molar-refractivity contribution in [1.29, 1.82) is 0 Å². The number of amides is 1. The second-order valence-corrected chi connectivity index (χ2v) is 5.59. The molecule has 0 aliphatic heterocycles. The Balaban J connectivity index is 1.85. The van der Waals surface area contributed by atoms with Crippen LogP contribution in [0.15, 0.2) is 39.5 Å². The van der Waals surface area contributed by atoms with Gasteiger partial charge in [-0.1, -0.05) is 18.2 Å². The van der Waals surface area contributed by atoms with Crippen molar-refractivity contribution in [3.63, 3.8) is 0 Å². The number of anilines is 1. The highest BCUT2D eigenvalue weighted by Gasteiger charge is 2.16. The van der Waals surface area contributed by atoms with Crippen LogP contribution in [0, 0.1) is 0 Å². The highest BCUT2D eigenvalue weighted by atomic mass is 32.1. The van der Waals surface area contributed by atoms with Gasteiger partial charge in [0, 0.05) is 16.9 Å². The van der Waals surface area contributed by atoms with Gasteiger partial charge in [0.25, 0.3) is 5.91 Å². The molecule has 1 N–H and O–H groups in total. The standard InChI is InChI=1S/C15H11N3O4S/c1-8(19)6-12-16-15(23-18-12)17-13(20)10-7-9-4-2-3-5-11(9)22-14(10)21/h2-5,7H,6H2,1H3,(H,16,17,18,20). The largest absolute Gasteiger partial charge is 0.422 e. The molecule has 116 valence electrons. The summed E-state index contributed by atoms with van der Waals surface area (Å²) < 4.78 is 9.08. The van der Waals surface area contributed by atoms with Crippen LogP contribution >= 0.6 is 11.5 Å². The van der Waals surface area contributed by atoms with Gasteiger partial charge in [-0.05, 0) is 19.1 Å². The lowest BCUT2D eigenvalue weighted by atomic mass is 10.2. The summed E-state index contributed by atoms with van der Waals surface area (Å²) in [6.45, 7) is 1.43. The van der Waals surface area contributed by atoms with E-state index in [1.807, 2.05) is 0 Å². The van der Waals surface area contributed by atoms with Gasteiger partial charge in [-0.15, -0.1) is 0 Å². The summed E-state index contributed by atoms with van der Waals surface area (Å²) in [6.07, 6.45) is 0.102. The third-order valence-corrected chi connectivity index (χ3v) is 3.65. The predicted molar refractivity (Wildman–Crippen MR) is 84.7 cm³/mol. The fourth-order valence-corrected chi connectivity index (χ4v) is 2.57. The Morgan fingerprint density at radius 2 is 2.09 bits per heavy atom. The molecule has 0 saturated carbocycles. The highest BCUT2D eigenvalue weighted by Crippen LogP contribution is 2.15. The first-order valence-electron chi connectivity index (χ1n) is 6.69. The number of nitrogens with zero attached hydrogens (tertiary/aromatic N) is 2. The molecule has 0 spiro atoms. The lowest BCUT2D eigenvalue weighted by Crippen LogP contribution is -2.20. The molecule has 2 aromatic heterocycles. The molecule has 3 aromatic rings. The smallest absolute Gasteiger partial charge is 0.349 e. The van der Waals surface area contributed by atoms with Gasteiger partial charge >= 0.3 is 5.63 Å². The van der Waals surface area contributed by atoms with E-state index in [0.717, 1.165) is 11.5 Å². The Morgan fingerprint density at radius 1 is 1.30 bits per heavy atom. The molecule has 7 nitrogen and oxygen atoms in total. The number of carbonyl (C=O) groups is 2. The number of aromatic nitrogens is 2. The lowest BCUT2D eigenvalue weighted by molar-refractivity contribution is -0.116. The van der Waals surface area contributed by atoms with Crippen molar-refractivity contribution in [2.75, 3.05) is 5.32 Å². The monoisotopic (exact) mass is 329 g/mol. The zero-order chi connectivity index (χ0) is 16.4. The molecule has 0 bridgehead atoms. The van der Waals surface area contributed by atoms with Crippen molar-refractivity contribution >= 4 is 39.3 Å². The van der Waals surface area contributed by atoms with Crippen molar-refractivity contribution in [2.45, 2.75) is 13.3 Å². The highest BCUT2D eigenvalue weighted by molar-refractivity contribution is 7.09. The molecule has 2 heterocycles. The van der Waals surface area contributed by atoms with Crippen molar-refractivity contribution in [1.82, 2.24) is 9.36 Å². The molecule has 0 aliphatic rings. The SMILES string of the molecule is CC(=O)Cc1nsc(NC(=O)c2cc3ccccc3oc2=O)n1. The quantitative estimate of drug-likeness (QED) is 0.735. The van der Waals surface area contributed by atoms with Crippen molar-refractivity contribution in [3.8, 4) is 0 Å². The third kappa shape index (κ3) is 3.32. The summed E-state index contributed by atoms with van der Waals surface area (Å²) in [6, 6.07) is 8.38. The minimum Gasteiger partial charge on any atom is -0.422 e. The van der Waals surface area contributed by atoms with E-state index in [1.54, 1.807) is 24.3 Å². The van der Waals surface area contributed by atoms with Gasteiger partial charge in [-0.2, -0.15) is 4.37 Å². The number of nitrogens with one attached hydrogen (secondary N) is 1. The molecule has 1 aromatic carbocycles. The number of Topliss-reactive ketones (excluding diaryl/α,β-unsaturated/α-hetero) is 1. The van der Waals surface area contributed by atoms with E-state index in [2.05, 4.69) is 14.7 Å². The van der Waals surface area contributed by atoms with Crippen molar-refractivity contribution in [2.24, 2.45) is 0 Å². The molecule has 23 heavy (non-hydrogen) atoms. The number of hydrogen-bond acceptors (Lipinski definition) is 7.